The number of carboxylic acid groups (broad SMARTS) is 1. The van der Waals surface area contributed by atoms with E-state index in [0.717, 1.165) is 30.6 Å². The SMILES string of the molecule is CC(C)(C)OC(=O)N1C(=O)C(=CC2CCCC2)C[C@H]1C(=O)O. The molecule has 0 aromatic heterocycles. The van der Waals surface area contributed by atoms with Crippen molar-refractivity contribution >= 4 is 18.0 Å². The first kappa shape index (κ1) is 16.5. The number of imide groups is 1. The molecule has 2 aliphatic rings. The Bertz CT molecular complexity index is 511. The summed E-state index contributed by atoms with van der Waals surface area (Å²) in [6.07, 6.45) is 5.31. The fourth-order valence-corrected chi connectivity index (χ4v) is 2.95. The van der Waals surface area contributed by atoms with Gasteiger partial charge >= 0.3 is 12.1 Å². The summed E-state index contributed by atoms with van der Waals surface area (Å²) in [6.45, 7) is 5.03. The summed E-state index contributed by atoms with van der Waals surface area (Å²) >= 11 is 0. The molecular formula is C16H23NO5. The normalized spacial score (nSPS) is 25.0. The summed E-state index contributed by atoms with van der Waals surface area (Å²) in [4.78, 5) is 36.7. The van der Waals surface area contributed by atoms with Gasteiger partial charge < -0.3 is 9.84 Å². The zero-order chi connectivity index (χ0) is 16.5. The van der Waals surface area contributed by atoms with Gasteiger partial charge in [-0.25, -0.2) is 14.5 Å². The van der Waals surface area contributed by atoms with Crippen molar-refractivity contribution in [2.45, 2.75) is 64.5 Å². The number of hydrogen-bond acceptors (Lipinski definition) is 4. The number of allylic oxidation sites excluding steroid dienone is 1. The van der Waals surface area contributed by atoms with Crippen molar-refractivity contribution in [2.24, 2.45) is 5.92 Å². The van der Waals surface area contributed by atoms with Gasteiger partial charge in [-0.1, -0.05) is 18.9 Å². The van der Waals surface area contributed by atoms with Crippen molar-refractivity contribution in [1.29, 1.82) is 0 Å². The highest BCUT2D eigenvalue weighted by atomic mass is 16.6. The number of carbonyl (C=O) groups excluding carboxylic acids is 2. The molecule has 0 aromatic carbocycles. The molecule has 0 spiro atoms. The van der Waals surface area contributed by atoms with Crippen LogP contribution in [0.1, 0.15) is 52.9 Å². The van der Waals surface area contributed by atoms with E-state index in [1.165, 1.54) is 0 Å². The molecule has 1 saturated carbocycles. The molecule has 1 N–H and O–H groups in total. The van der Waals surface area contributed by atoms with Crippen LogP contribution in [0.3, 0.4) is 0 Å². The Balaban J connectivity index is 2.21. The molecule has 0 bridgehead atoms. The molecule has 2 amide bonds. The highest BCUT2D eigenvalue weighted by Gasteiger charge is 2.45. The average molecular weight is 309 g/mol. The molecule has 2 fully saturated rings. The third-order valence-electron chi connectivity index (χ3n) is 3.93. The second kappa shape index (κ2) is 6.10. The van der Waals surface area contributed by atoms with Crippen LogP contribution in [0.15, 0.2) is 11.6 Å². The number of nitrogens with zero attached hydrogens (tertiary/aromatic N) is 1. The first-order valence-electron chi connectivity index (χ1n) is 7.69. The molecule has 1 aliphatic heterocycles. The molecule has 1 atom stereocenters. The van der Waals surface area contributed by atoms with E-state index in [1.54, 1.807) is 20.8 Å². The Morgan fingerprint density at radius 2 is 1.86 bits per heavy atom. The first-order chi connectivity index (χ1) is 10.2. The van der Waals surface area contributed by atoms with Crippen LogP contribution in [0.2, 0.25) is 0 Å². The zero-order valence-electron chi connectivity index (χ0n) is 13.3. The van der Waals surface area contributed by atoms with Crippen molar-refractivity contribution in [3.8, 4) is 0 Å². The van der Waals surface area contributed by atoms with Gasteiger partial charge in [-0.3, -0.25) is 4.79 Å². The summed E-state index contributed by atoms with van der Waals surface area (Å²) in [7, 11) is 0. The van der Waals surface area contributed by atoms with E-state index in [9.17, 15) is 19.5 Å². The summed E-state index contributed by atoms with van der Waals surface area (Å²) in [5.74, 6) is -1.41. The van der Waals surface area contributed by atoms with Gasteiger partial charge in [-0.2, -0.15) is 0 Å². The molecule has 6 nitrogen and oxygen atoms in total. The van der Waals surface area contributed by atoms with Crippen LogP contribution < -0.4 is 0 Å². The molecular weight excluding hydrogens is 286 g/mol. The number of ether oxygens (including phenoxy) is 1. The van der Waals surface area contributed by atoms with Crippen LogP contribution >= 0.6 is 0 Å². The lowest BCUT2D eigenvalue weighted by Gasteiger charge is -2.25. The van der Waals surface area contributed by atoms with E-state index in [0.29, 0.717) is 11.5 Å². The molecule has 1 heterocycles. The molecule has 22 heavy (non-hydrogen) atoms. The Labute approximate surface area is 130 Å². The van der Waals surface area contributed by atoms with Crippen molar-refractivity contribution < 1.29 is 24.2 Å². The molecule has 122 valence electrons. The summed E-state index contributed by atoms with van der Waals surface area (Å²) in [5.41, 5.74) is -0.358. The minimum Gasteiger partial charge on any atom is -0.480 e. The smallest absolute Gasteiger partial charge is 0.418 e. The third kappa shape index (κ3) is 3.67. The molecule has 2 rings (SSSR count). The number of hydrogen-bond donors (Lipinski definition) is 1. The van der Waals surface area contributed by atoms with E-state index in [1.807, 2.05) is 6.08 Å². The molecule has 1 saturated heterocycles. The van der Waals surface area contributed by atoms with Crippen LogP contribution in [0.4, 0.5) is 4.79 Å². The van der Waals surface area contributed by atoms with Gasteiger partial charge in [0.2, 0.25) is 0 Å². The maximum Gasteiger partial charge on any atom is 0.418 e. The summed E-state index contributed by atoms with van der Waals surface area (Å²) in [5, 5.41) is 9.30. The summed E-state index contributed by atoms with van der Waals surface area (Å²) in [6, 6.07) is -1.17. The van der Waals surface area contributed by atoms with Gasteiger partial charge in [-0.05, 0) is 39.5 Å². The van der Waals surface area contributed by atoms with Gasteiger partial charge in [-0.15, -0.1) is 0 Å². The van der Waals surface area contributed by atoms with Gasteiger partial charge in [0.05, 0.1) is 0 Å². The Hall–Kier alpha value is -1.85. The Kier molecular flexibility index (Phi) is 4.58. The molecule has 0 radical (unpaired) electrons. The standard InChI is InChI=1S/C16H23NO5/c1-16(2,3)22-15(21)17-12(14(19)20)9-11(13(17)18)8-10-6-4-5-7-10/h8,10,12H,4-7,9H2,1-3H3,(H,19,20)/t12-/m0/s1. The lowest BCUT2D eigenvalue weighted by molar-refractivity contribution is -0.145. The van der Waals surface area contributed by atoms with Crippen LogP contribution in [-0.2, 0) is 14.3 Å². The molecule has 0 unspecified atom stereocenters. The van der Waals surface area contributed by atoms with Crippen LogP contribution in [0.25, 0.3) is 0 Å². The number of aliphatic carboxylic acids is 1. The summed E-state index contributed by atoms with van der Waals surface area (Å²) < 4.78 is 5.17. The second-order valence-electron chi connectivity index (χ2n) is 6.95. The predicted molar refractivity (Wildman–Crippen MR) is 79.2 cm³/mol. The highest BCUT2D eigenvalue weighted by Crippen LogP contribution is 2.32. The highest BCUT2D eigenvalue weighted by molar-refractivity contribution is 6.08. The maximum absolute atomic E-state index is 12.4. The van der Waals surface area contributed by atoms with E-state index >= 15 is 0 Å². The van der Waals surface area contributed by atoms with Gasteiger partial charge in [0, 0.05) is 12.0 Å². The second-order valence-corrected chi connectivity index (χ2v) is 6.95. The van der Waals surface area contributed by atoms with E-state index in [-0.39, 0.29) is 6.42 Å². The topological polar surface area (TPSA) is 83.9 Å². The lowest BCUT2D eigenvalue weighted by Crippen LogP contribution is -2.45. The number of carbonyl (C=O) groups is 3. The Morgan fingerprint density at radius 1 is 1.27 bits per heavy atom. The number of rotatable bonds is 2. The van der Waals surface area contributed by atoms with Gasteiger partial charge in [0.1, 0.15) is 11.6 Å². The van der Waals surface area contributed by atoms with Crippen LogP contribution in [0, 0.1) is 5.92 Å². The lowest BCUT2D eigenvalue weighted by atomic mass is 10.0. The fourth-order valence-electron chi connectivity index (χ4n) is 2.95. The number of likely N-dealkylation sites (tertiary alicyclic amines) is 1. The van der Waals surface area contributed by atoms with Gasteiger partial charge in [0.25, 0.3) is 5.91 Å². The number of amides is 2. The zero-order valence-corrected chi connectivity index (χ0v) is 13.3. The third-order valence-corrected chi connectivity index (χ3v) is 3.93. The molecule has 0 aromatic rings. The van der Waals surface area contributed by atoms with E-state index < -0.39 is 29.6 Å². The first-order valence-corrected chi connectivity index (χ1v) is 7.69. The largest absolute Gasteiger partial charge is 0.480 e. The van der Waals surface area contributed by atoms with Crippen LogP contribution in [-0.4, -0.2) is 39.6 Å². The fraction of sp³-hybridized carbons (Fsp3) is 0.688. The van der Waals surface area contributed by atoms with Crippen molar-refractivity contribution in [2.75, 3.05) is 0 Å². The molecule has 6 heteroatoms. The average Bonchev–Trinajstić information content (AvgIpc) is 2.96. The van der Waals surface area contributed by atoms with Crippen molar-refractivity contribution in [3.05, 3.63) is 11.6 Å². The van der Waals surface area contributed by atoms with Gasteiger partial charge in [0.15, 0.2) is 0 Å². The van der Waals surface area contributed by atoms with E-state index in [2.05, 4.69) is 0 Å². The quantitative estimate of drug-likeness (QED) is 0.793. The van der Waals surface area contributed by atoms with Crippen molar-refractivity contribution in [1.82, 2.24) is 4.90 Å². The minimum atomic E-state index is -1.19. The predicted octanol–water partition coefficient (Wildman–Crippen LogP) is 2.72. The minimum absolute atomic E-state index is 0.0594. The Morgan fingerprint density at radius 3 is 2.36 bits per heavy atom. The molecule has 1 aliphatic carbocycles. The number of carboxylic acids is 1. The van der Waals surface area contributed by atoms with Crippen LogP contribution in [0.5, 0.6) is 0 Å². The maximum atomic E-state index is 12.4. The van der Waals surface area contributed by atoms with Crippen molar-refractivity contribution in [3.63, 3.8) is 0 Å². The van der Waals surface area contributed by atoms with E-state index in [4.69, 9.17) is 4.74 Å². The monoisotopic (exact) mass is 309 g/mol.